The molecule has 66 valence electrons. The summed E-state index contributed by atoms with van der Waals surface area (Å²) in [5.74, 6) is 0. The summed E-state index contributed by atoms with van der Waals surface area (Å²) in [6.07, 6.45) is 0.955. The zero-order chi connectivity index (χ0) is 9.35. The Bertz CT molecular complexity index is 497. The quantitative estimate of drug-likeness (QED) is 0.517. The maximum atomic E-state index is 10.9. The van der Waals surface area contributed by atoms with Gasteiger partial charge in [-0.25, -0.2) is 13.6 Å². The van der Waals surface area contributed by atoms with Gasteiger partial charge in [0.05, 0.1) is 0 Å². The van der Waals surface area contributed by atoms with Gasteiger partial charge in [0.1, 0.15) is 0 Å². The molecule has 1 aromatic heterocycles. The Morgan fingerprint density at radius 2 is 2.08 bits per heavy atom. The number of nitrogens with one attached hydrogen (secondary N) is 2. The summed E-state index contributed by atoms with van der Waals surface area (Å²) in [5.41, 5.74) is -0.818. The molecule has 0 unspecified atom stereocenters. The third-order valence-electron chi connectivity index (χ3n) is 1.09. The summed E-state index contributed by atoms with van der Waals surface area (Å²) in [5, 5.41) is 4.71. The van der Waals surface area contributed by atoms with Crippen LogP contribution in [0.25, 0.3) is 0 Å². The minimum Gasteiger partial charge on any atom is -0.337 e. The first-order valence-corrected chi connectivity index (χ1v) is 4.71. The van der Waals surface area contributed by atoms with Crippen molar-refractivity contribution in [2.75, 3.05) is 0 Å². The molecule has 6 nitrogen and oxygen atoms in total. The van der Waals surface area contributed by atoms with Crippen LogP contribution in [-0.4, -0.2) is 18.4 Å². The van der Waals surface area contributed by atoms with E-state index >= 15 is 0 Å². The molecule has 0 fully saturated rings. The average molecular weight is 207 g/mol. The van der Waals surface area contributed by atoms with Crippen molar-refractivity contribution < 1.29 is 8.42 Å². The molecule has 0 atom stereocenters. The van der Waals surface area contributed by atoms with Crippen molar-refractivity contribution in [3.8, 4) is 0 Å². The Kier molecular flexibility index (Phi) is 2.13. The molecular weight excluding hydrogens is 202 g/mol. The fourth-order valence-corrected chi connectivity index (χ4v) is 1.29. The van der Waals surface area contributed by atoms with Gasteiger partial charge in [-0.2, -0.15) is 0 Å². The molecule has 0 aliphatic heterocycles. The van der Waals surface area contributed by atoms with Gasteiger partial charge in [-0.05, 0) is 12.2 Å². The molecule has 4 N–H and O–H groups in total. The lowest BCUT2D eigenvalue weighted by Gasteiger charge is -1.93. The second-order valence-corrected chi connectivity index (χ2v) is 3.92. The Labute approximate surface area is 72.5 Å². The van der Waals surface area contributed by atoms with Gasteiger partial charge in [0.15, 0.2) is 9.67 Å². The van der Waals surface area contributed by atoms with Crippen LogP contribution in [0.2, 0.25) is 0 Å². The molecule has 1 aromatic rings. The van der Waals surface area contributed by atoms with Crippen LogP contribution in [-0.2, 0) is 10.0 Å². The maximum Gasteiger partial charge on any atom is 0.271 e. The molecule has 0 bridgehead atoms. The zero-order valence-electron chi connectivity index (χ0n) is 5.70. The van der Waals surface area contributed by atoms with Gasteiger partial charge in [-0.3, -0.25) is 9.78 Å². The highest BCUT2D eigenvalue weighted by molar-refractivity contribution is 7.89. The van der Waals surface area contributed by atoms with Gasteiger partial charge >= 0.3 is 0 Å². The van der Waals surface area contributed by atoms with E-state index in [-0.39, 0.29) is 4.77 Å². The van der Waals surface area contributed by atoms with Crippen LogP contribution >= 0.6 is 12.2 Å². The van der Waals surface area contributed by atoms with Crippen LogP contribution in [0.1, 0.15) is 0 Å². The Hall–Kier alpha value is -0.990. The van der Waals surface area contributed by atoms with Crippen molar-refractivity contribution in [2.45, 2.75) is 4.90 Å². The number of sulfonamides is 1. The third kappa shape index (κ3) is 1.78. The predicted octanol–water partition coefficient (Wildman–Crippen LogP) is -0.920. The fraction of sp³-hybridized carbons (Fsp3) is 0. The highest BCUT2D eigenvalue weighted by atomic mass is 32.2. The Balaban J connectivity index is 3.61. The third-order valence-corrected chi connectivity index (χ3v) is 2.23. The van der Waals surface area contributed by atoms with Crippen LogP contribution in [0.3, 0.4) is 0 Å². The number of aromatic amines is 2. The molecule has 0 spiro atoms. The van der Waals surface area contributed by atoms with Crippen LogP contribution in [0.5, 0.6) is 0 Å². The molecule has 0 saturated carbocycles. The number of rotatable bonds is 1. The number of H-pyrrole nitrogens is 2. The van der Waals surface area contributed by atoms with Gasteiger partial charge in [-0.1, -0.05) is 0 Å². The van der Waals surface area contributed by atoms with E-state index < -0.39 is 20.5 Å². The Morgan fingerprint density at radius 1 is 1.50 bits per heavy atom. The highest BCUT2D eigenvalue weighted by Gasteiger charge is 2.11. The summed E-state index contributed by atoms with van der Waals surface area (Å²) in [7, 11) is -3.97. The number of primary sulfonamides is 1. The predicted molar refractivity (Wildman–Crippen MR) is 43.6 cm³/mol. The molecule has 1 rings (SSSR count). The van der Waals surface area contributed by atoms with E-state index in [2.05, 4.69) is 22.2 Å². The Morgan fingerprint density at radius 3 is 2.50 bits per heavy atom. The van der Waals surface area contributed by atoms with E-state index in [9.17, 15) is 13.2 Å². The minimum atomic E-state index is -3.97. The monoisotopic (exact) mass is 207 g/mol. The summed E-state index contributed by atoms with van der Waals surface area (Å²) < 4.78 is 21.4. The first kappa shape index (κ1) is 9.10. The lowest BCUT2D eigenvalue weighted by molar-refractivity contribution is 0.595. The molecule has 12 heavy (non-hydrogen) atoms. The molecule has 0 amide bonds. The van der Waals surface area contributed by atoms with E-state index in [0.717, 1.165) is 6.20 Å². The number of hydrogen-bond acceptors (Lipinski definition) is 4. The van der Waals surface area contributed by atoms with Gasteiger partial charge in [-0.15, -0.1) is 0 Å². The van der Waals surface area contributed by atoms with Gasteiger partial charge in [0.25, 0.3) is 5.56 Å². The van der Waals surface area contributed by atoms with Crippen molar-refractivity contribution in [3.63, 3.8) is 0 Å². The van der Waals surface area contributed by atoms with Crippen LogP contribution in [0.15, 0.2) is 15.9 Å². The van der Waals surface area contributed by atoms with Crippen molar-refractivity contribution in [2.24, 2.45) is 5.14 Å². The van der Waals surface area contributed by atoms with Crippen LogP contribution < -0.4 is 10.7 Å². The molecule has 1 heterocycles. The van der Waals surface area contributed by atoms with Crippen molar-refractivity contribution in [3.05, 3.63) is 21.3 Å². The molecular formula is C4H5N3O3S2. The van der Waals surface area contributed by atoms with E-state index in [1.54, 1.807) is 0 Å². The standard InChI is InChI=1S/C4H5N3O3S2/c5-12(9,10)2-1-6-4(11)7-3(2)8/h1H,(H2,5,9,10)(H2,6,7,8,11). The lowest BCUT2D eigenvalue weighted by atomic mass is 10.7. The molecule has 8 heteroatoms. The smallest absolute Gasteiger partial charge is 0.271 e. The average Bonchev–Trinajstić information content (AvgIpc) is 1.83. The lowest BCUT2D eigenvalue weighted by Crippen LogP contribution is -2.23. The molecule has 0 aliphatic rings. The molecule has 0 saturated heterocycles. The van der Waals surface area contributed by atoms with Gasteiger partial charge < -0.3 is 4.98 Å². The van der Waals surface area contributed by atoms with E-state index in [1.807, 2.05) is 0 Å². The topological polar surface area (TPSA) is 109 Å². The van der Waals surface area contributed by atoms with Crippen molar-refractivity contribution >= 4 is 22.2 Å². The van der Waals surface area contributed by atoms with Crippen LogP contribution in [0, 0.1) is 4.77 Å². The summed E-state index contributed by atoms with van der Waals surface area (Å²) >= 11 is 4.54. The normalized spacial score (nSPS) is 11.4. The molecule has 0 aromatic carbocycles. The van der Waals surface area contributed by atoms with Gasteiger partial charge in [0.2, 0.25) is 10.0 Å². The maximum absolute atomic E-state index is 10.9. The number of aromatic nitrogens is 2. The van der Waals surface area contributed by atoms with Gasteiger partial charge in [0, 0.05) is 6.20 Å². The summed E-state index contributed by atoms with van der Waals surface area (Å²) in [6, 6.07) is 0. The van der Waals surface area contributed by atoms with E-state index in [0.29, 0.717) is 0 Å². The van der Waals surface area contributed by atoms with Crippen LogP contribution in [0.4, 0.5) is 0 Å². The second-order valence-electron chi connectivity index (χ2n) is 1.98. The van der Waals surface area contributed by atoms with Crippen molar-refractivity contribution in [1.29, 1.82) is 0 Å². The van der Waals surface area contributed by atoms with E-state index in [4.69, 9.17) is 5.14 Å². The minimum absolute atomic E-state index is 0.0485. The first-order valence-electron chi connectivity index (χ1n) is 2.76. The molecule has 0 radical (unpaired) electrons. The highest BCUT2D eigenvalue weighted by Crippen LogP contribution is 1.93. The number of nitrogens with two attached hydrogens (primary N) is 1. The van der Waals surface area contributed by atoms with Crippen molar-refractivity contribution in [1.82, 2.24) is 9.97 Å². The number of hydrogen-bond donors (Lipinski definition) is 3. The second kappa shape index (κ2) is 2.81. The van der Waals surface area contributed by atoms with E-state index in [1.165, 1.54) is 0 Å². The largest absolute Gasteiger partial charge is 0.337 e. The molecule has 0 aliphatic carbocycles. The zero-order valence-corrected chi connectivity index (χ0v) is 7.33. The first-order chi connectivity index (χ1) is 5.41. The fourth-order valence-electron chi connectivity index (χ4n) is 0.609. The summed E-state index contributed by atoms with van der Waals surface area (Å²) in [4.78, 5) is 14.8. The SMILES string of the molecule is NS(=O)(=O)c1c[nH]c(=S)[nH]c1=O. The summed E-state index contributed by atoms with van der Waals surface area (Å²) in [6.45, 7) is 0.